The number of rotatable bonds is 15. The SMILES string of the molecule is C=CC(=O)OCCCCCCCCCCCC(C(=O)O)C(=O)O. The summed E-state index contributed by atoms with van der Waals surface area (Å²) >= 11 is 0. The first-order chi connectivity index (χ1) is 11.0. The minimum atomic E-state index is -1.27. The van der Waals surface area contributed by atoms with Crippen molar-refractivity contribution in [2.45, 2.75) is 64.2 Å². The third-order valence-electron chi connectivity index (χ3n) is 3.64. The fourth-order valence-electron chi connectivity index (χ4n) is 2.27. The van der Waals surface area contributed by atoms with Crippen LogP contribution in [0.4, 0.5) is 0 Å². The minimum Gasteiger partial charge on any atom is -0.481 e. The van der Waals surface area contributed by atoms with Crippen LogP contribution in [0.1, 0.15) is 64.2 Å². The highest BCUT2D eigenvalue weighted by atomic mass is 16.5. The first-order valence-electron chi connectivity index (χ1n) is 8.23. The molecule has 132 valence electrons. The lowest BCUT2D eigenvalue weighted by molar-refractivity contribution is -0.154. The van der Waals surface area contributed by atoms with E-state index in [2.05, 4.69) is 6.58 Å². The molecule has 0 saturated heterocycles. The van der Waals surface area contributed by atoms with Gasteiger partial charge < -0.3 is 14.9 Å². The summed E-state index contributed by atoms with van der Waals surface area (Å²) in [6.07, 6.45) is 10.2. The Bertz CT molecular complexity index is 363. The first-order valence-corrected chi connectivity index (χ1v) is 8.23. The third kappa shape index (κ3) is 12.4. The van der Waals surface area contributed by atoms with Gasteiger partial charge in [-0.2, -0.15) is 0 Å². The summed E-state index contributed by atoms with van der Waals surface area (Å²) in [4.78, 5) is 32.2. The van der Waals surface area contributed by atoms with Gasteiger partial charge in [0.1, 0.15) is 0 Å². The molecule has 6 heteroatoms. The van der Waals surface area contributed by atoms with E-state index in [0.717, 1.165) is 57.4 Å². The molecule has 2 N–H and O–H groups in total. The van der Waals surface area contributed by atoms with Crippen molar-refractivity contribution in [1.82, 2.24) is 0 Å². The van der Waals surface area contributed by atoms with Gasteiger partial charge >= 0.3 is 17.9 Å². The lowest BCUT2D eigenvalue weighted by Crippen LogP contribution is -2.23. The van der Waals surface area contributed by atoms with Gasteiger partial charge in [0.25, 0.3) is 0 Å². The highest BCUT2D eigenvalue weighted by Crippen LogP contribution is 2.14. The van der Waals surface area contributed by atoms with Crippen LogP contribution in [0.5, 0.6) is 0 Å². The second-order valence-corrected chi connectivity index (χ2v) is 5.57. The van der Waals surface area contributed by atoms with E-state index in [0.29, 0.717) is 13.0 Å². The summed E-state index contributed by atoms with van der Waals surface area (Å²) < 4.78 is 4.88. The van der Waals surface area contributed by atoms with Gasteiger partial charge in [-0.15, -0.1) is 0 Å². The number of carboxylic acids is 2. The molecule has 0 heterocycles. The van der Waals surface area contributed by atoms with E-state index in [1.165, 1.54) is 0 Å². The van der Waals surface area contributed by atoms with Gasteiger partial charge in [0, 0.05) is 6.08 Å². The van der Waals surface area contributed by atoms with Crippen LogP contribution in [0.25, 0.3) is 0 Å². The maximum atomic E-state index is 10.8. The Hall–Kier alpha value is -1.85. The van der Waals surface area contributed by atoms with Gasteiger partial charge in [-0.25, -0.2) is 4.79 Å². The number of aliphatic carboxylic acids is 2. The number of esters is 1. The van der Waals surface area contributed by atoms with Crippen molar-refractivity contribution < 1.29 is 29.3 Å². The van der Waals surface area contributed by atoms with Crippen molar-refractivity contribution in [3.8, 4) is 0 Å². The molecule has 23 heavy (non-hydrogen) atoms. The van der Waals surface area contributed by atoms with E-state index in [4.69, 9.17) is 14.9 Å². The Balaban J connectivity index is 3.34. The monoisotopic (exact) mass is 328 g/mol. The zero-order valence-corrected chi connectivity index (χ0v) is 13.7. The Morgan fingerprint density at radius 1 is 0.826 bits per heavy atom. The molecular formula is C17H28O6. The number of carboxylic acid groups (broad SMARTS) is 2. The zero-order chi connectivity index (χ0) is 17.5. The lowest BCUT2D eigenvalue weighted by atomic mass is 10.00. The van der Waals surface area contributed by atoms with Crippen LogP contribution in [0.3, 0.4) is 0 Å². The van der Waals surface area contributed by atoms with Gasteiger partial charge in [-0.05, 0) is 12.8 Å². The second kappa shape index (κ2) is 13.8. The molecule has 0 bridgehead atoms. The summed E-state index contributed by atoms with van der Waals surface area (Å²) in [7, 11) is 0. The molecule has 0 unspecified atom stereocenters. The average molecular weight is 328 g/mol. The summed E-state index contributed by atoms with van der Waals surface area (Å²) in [5, 5.41) is 17.5. The van der Waals surface area contributed by atoms with Crippen molar-refractivity contribution >= 4 is 17.9 Å². The normalized spacial score (nSPS) is 10.5. The second-order valence-electron chi connectivity index (χ2n) is 5.57. The number of carbonyl (C=O) groups is 3. The largest absolute Gasteiger partial charge is 0.481 e. The molecule has 0 radical (unpaired) electrons. The Morgan fingerprint density at radius 2 is 1.26 bits per heavy atom. The van der Waals surface area contributed by atoms with Gasteiger partial charge in [0.2, 0.25) is 0 Å². The topological polar surface area (TPSA) is 101 Å². The molecule has 0 saturated carbocycles. The number of hydrogen-bond acceptors (Lipinski definition) is 4. The van der Waals surface area contributed by atoms with Crippen LogP contribution in [0, 0.1) is 5.92 Å². The first kappa shape index (κ1) is 21.1. The van der Waals surface area contributed by atoms with Crippen LogP contribution >= 0.6 is 0 Å². The van der Waals surface area contributed by atoms with Crippen molar-refractivity contribution in [2.75, 3.05) is 6.61 Å². The van der Waals surface area contributed by atoms with Gasteiger partial charge in [-0.1, -0.05) is 57.9 Å². The summed E-state index contributed by atoms with van der Waals surface area (Å²) in [5.74, 6) is -4.16. The predicted molar refractivity (Wildman–Crippen MR) is 86.1 cm³/mol. The fourth-order valence-corrected chi connectivity index (χ4v) is 2.27. The van der Waals surface area contributed by atoms with Crippen LogP contribution in [-0.2, 0) is 19.1 Å². The van der Waals surface area contributed by atoms with E-state index >= 15 is 0 Å². The number of unbranched alkanes of at least 4 members (excludes halogenated alkanes) is 8. The summed E-state index contributed by atoms with van der Waals surface area (Å²) in [5.41, 5.74) is 0. The van der Waals surface area contributed by atoms with Gasteiger partial charge in [0.15, 0.2) is 5.92 Å². The fraction of sp³-hybridized carbons (Fsp3) is 0.706. The maximum Gasteiger partial charge on any atom is 0.330 e. The van der Waals surface area contributed by atoms with Crippen LogP contribution < -0.4 is 0 Å². The highest BCUT2D eigenvalue weighted by molar-refractivity contribution is 5.92. The zero-order valence-electron chi connectivity index (χ0n) is 13.7. The van der Waals surface area contributed by atoms with Gasteiger partial charge in [0.05, 0.1) is 6.61 Å². The van der Waals surface area contributed by atoms with Crippen molar-refractivity contribution in [2.24, 2.45) is 5.92 Å². The average Bonchev–Trinajstić information content (AvgIpc) is 2.50. The molecule has 0 aliphatic rings. The number of hydrogen-bond donors (Lipinski definition) is 2. The lowest BCUT2D eigenvalue weighted by Gasteiger charge is -2.07. The number of carbonyl (C=O) groups excluding carboxylic acids is 1. The third-order valence-corrected chi connectivity index (χ3v) is 3.64. The molecule has 0 aromatic carbocycles. The Morgan fingerprint density at radius 3 is 1.70 bits per heavy atom. The van der Waals surface area contributed by atoms with Crippen LogP contribution in [-0.4, -0.2) is 34.7 Å². The van der Waals surface area contributed by atoms with Crippen molar-refractivity contribution in [3.63, 3.8) is 0 Å². The molecular weight excluding hydrogens is 300 g/mol. The minimum absolute atomic E-state index is 0.202. The molecule has 0 fully saturated rings. The van der Waals surface area contributed by atoms with E-state index in [-0.39, 0.29) is 12.4 Å². The summed E-state index contributed by atoms with van der Waals surface area (Å²) in [6, 6.07) is 0. The van der Waals surface area contributed by atoms with E-state index in [1.54, 1.807) is 0 Å². The van der Waals surface area contributed by atoms with E-state index in [1.807, 2.05) is 0 Å². The summed E-state index contributed by atoms with van der Waals surface area (Å²) in [6.45, 7) is 3.77. The van der Waals surface area contributed by atoms with Crippen LogP contribution in [0.2, 0.25) is 0 Å². The molecule has 0 aliphatic carbocycles. The quantitative estimate of drug-likeness (QED) is 0.207. The molecule has 0 atom stereocenters. The maximum absolute atomic E-state index is 10.8. The van der Waals surface area contributed by atoms with E-state index < -0.39 is 17.9 Å². The molecule has 0 aromatic rings. The molecule has 0 rings (SSSR count). The van der Waals surface area contributed by atoms with Crippen LogP contribution in [0.15, 0.2) is 12.7 Å². The van der Waals surface area contributed by atoms with Crippen molar-refractivity contribution in [3.05, 3.63) is 12.7 Å². The van der Waals surface area contributed by atoms with E-state index in [9.17, 15) is 14.4 Å². The smallest absolute Gasteiger partial charge is 0.330 e. The number of ether oxygens (including phenoxy) is 1. The highest BCUT2D eigenvalue weighted by Gasteiger charge is 2.24. The molecule has 0 amide bonds. The molecule has 0 spiro atoms. The molecule has 0 aliphatic heterocycles. The van der Waals surface area contributed by atoms with Gasteiger partial charge in [-0.3, -0.25) is 9.59 Å². The molecule has 0 aromatic heterocycles. The Kier molecular flexibility index (Phi) is 12.7. The predicted octanol–water partition coefficient (Wildman–Crippen LogP) is 3.40. The standard InChI is InChI=1S/C17H28O6/c1-2-15(18)23-13-11-9-7-5-3-4-6-8-10-12-14(16(19)20)17(21)22/h2,14H,1,3-13H2,(H,19,20)(H,21,22). The van der Waals surface area contributed by atoms with Crippen molar-refractivity contribution in [1.29, 1.82) is 0 Å². The Labute approximate surface area is 137 Å². The molecule has 6 nitrogen and oxygen atoms in total.